The van der Waals surface area contributed by atoms with Gasteiger partial charge in [-0.25, -0.2) is 9.59 Å². The van der Waals surface area contributed by atoms with E-state index in [2.05, 4.69) is 9.97 Å². The van der Waals surface area contributed by atoms with E-state index in [0.717, 1.165) is 6.07 Å². The number of hydrogen-bond acceptors (Lipinski definition) is 6. The maximum Gasteiger partial charge on any atom is 0.340 e. The van der Waals surface area contributed by atoms with E-state index in [1.807, 2.05) is 0 Å². The number of ether oxygens (including phenoxy) is 2. The van der Waals surface area contributed by atoms with Crippen molar-refractivity contribution in [1.82, 2.24) is 9.97 Å². The predicted molar refractivity (Wildman–Crippen MR) is 110 cm³/mol. The topological polar surface area (TPSA) is 118 Å². The second-order valence-electron chi connectivity index (χ2n) is 6.85. The molecule has 30 heavy (non-hydrogen) atoms. The van der Waals surface area contributed by atoms with Crippen LogP contribution in [0.15, 0.2) is 35.1 Å². The fraction of sp³-hybridized carbons (Fsp3) is 0.273. The van der Waals surface area contributed by atoms with Gasteiger partial charge in [-0.05, 0) is 39.3 Å². The highest BCUT2D eigenvalue weighted by Gasteiger charge is 2.28. The molecule has 0 aliphatic rings. The maximum atomic E-state index is 12.9. The van der Waals surface area contributed by atoms with Crippen molar-refractivity contribution in [3.8, 4) is 0 Å². The molecule has 156 valence electrons. The van der Waals surface area contributed by atoms with Gasteiger partial charge in [0.1, 0.15) is 0 Å². The molecule has 8 heteroatoms. The molecule has 8 nitrogen and oxygen atoms in total. The number of carbonyl (C=O) groups excluding carboxylic acids is 3. The van der Waals surface area contributed by atoms with Crippen LogP contribution in [0.4, 0.5) is 0 Å². The summed E-state index contributed by atoms with van der Waals surface area (Å²) < 4.78 is 10.4. The minimum atomic E-state index is -1.14. The molecule has 1 atom stereocenters. The highest BCUT2D eigenvalue weighted by atomic mass is 16.5. The maximum absolute atomic E-state index is 12.9. The highest BCUT2D eigenvalue weighted by molar-refractivity contribution is 6.07. The second kappa shape index (κ2) is 8.36. The van der Waals surface area contributed by atoms with E-state index in [-0.39, 0.29) is 17.9 Å². The Bertz CT molecular complexity index is 1200. The number of ketones is 1. The lowest BCUT2D eigenvalue weighted by Gasteiger charge is -2.13. The SMILES string of the molecule is CCOC(=O)c1c(C)[nH]c(C(=O)[C@@H](C)OC(=O)c2cc(=O)[nH]c3ccccc23)c1C. The van der Waals surface area contributed by atoms with Gasteiger partial charge in [-0.1, -0.05) is 18.2 Å². The quantitative estimate of drug-likeness (QED) is 0.476. The first kappa shape index (κ1) is 21.0. The van der Waals surface area contributed by atoms with Crippen molar-refractivity contribution in [2.75, 3.05) is 6.61 Å². The van der Waals surface area contributed by atoms with Gasteiger partial charge in [-0.15, -0.1) is 0 Å². The summed E-state index contributed by atoms with van der Waals surface area (Å²) in [7, 11) is 0. The lowest BCUT2D eigenvalue weighted by molar-refractivity contribution is 0.0318. The van der Waals surface area contributed by atoms with Gasteiger partial charge in [0.25, 0.3) is 0 Å². The number of hydrogen-bond donors (Lipinski definition) is 2. The summed E-state index contributed by atoms with van der Waals surface area (Å²) in [6.07, 6.45) is -1.14. The number of para-hydroxylation sites is 1. The van der Waals surface area contributed by atoms with Crippen molar-refractivity contribution in [2.24, 2.45) is 0 Å². The molecule has 0 spiro atoms. The van der Waals surface area contributed by atoms with Crippen LogP contribution in [-0.2, 0) is 9.47 Å². The standard InChI is InChI=1S/C22H22N2O6/c1-5-29-22(28)18-11(2)19(23-12(18)3)20(26)13(4)30-21(27)15-10-17(25)24-16-9-7-6-8-14(15)16/h6-10,13,23H,5H2,1-4H3,(H,24,25)/t13-/m1/s1. The van der Waals surface area contributed by atoms with Crippen LogP contribution in [0.5, 0.6) is 0 Å². The molecule has 0 saturated heterocycles. The van der Waals surface area contributed by atoms with Crippen molar-refractivity contribution in [3.63, 3.8) is 0 Å². The van der Waals surface area contributed by atoms with E-state index in [9.17, 15) is 19.2 Å². The number of nitrogens with one attached hydrogen (secondary N) is 2. The number of benzene rings is 1. The number of aryl methyl sites for hydroxylation is 1. The molecule has 1 aromatic carbocycles. The van der Waals surface area contributed by atoms with Crippen LogP contribution < -0.4 is 5.56 Å². The Hall–Kier alpha value is -3.68. The molecule has 0 fully saturated rings. The van der Waals surface area contributed by atoms with Crippen LogP contribution in [-0.4, -0.2) is 40.4 Å². The molecule has 2 N–H and O–H groups in total. The van der Waals surface area contributed by atoms with E-state index in [1.54, 1.807) is 45.0 Å². The number of aromatic nitrogens is 2. The normalized spacial score (nSPS) is 11.9. The molecule has 0 aliphatic heterocycles. The Balaban J connectivity index is 1.87. The van der Waals surface area contributed by atoms with Crippen LogP contribution in [0.1, 0.15) is 56.3 Å². The molecule has 0 unspecified atom stereocenters. The van der Waals surface area contributed by atoms with Gasteiger partial charge < -0.3 is 19.4 Å². The van der Waals surface area contributed by atoms with E-state index < -0.39 is 29.4 Å². The zero-order chi connectivity index (χ0) is 22.0. The average Bonchev–Trinajstić information content (AvgIpc) is 3.00. The lowest BCUT2D eigenvalue weighted by atomic mass is 10.1. The largest absolute Gasteiger partial charge is 0.462 e. The molecular formula is C22H22N2O6. The third-order valence-electron chi connectivity index (χ3n) is 4.79. The molecule has 2 aromatic heterocycles. The zero-order valence-electron chi connectivity index (χ0n) is 17.1. The van der Waals surface area contributed by atoms with Crippen molar-refractivity contribution >= 4 is 28.6 Å². The third-order valence-corrected chi connectivity index (χ3v) is 4.79. The summed E-state index contributed by atoms with van der Waals surface area (Å²) in [6, 6.07) is 7.96. The minimum absolute atomic E-state index is 0.0700. The molecule has 0 amide bonds. The number of rotatable bonds is 6. The summed E-state index contributed by atoms with van der Waals surface area (Å²) in [5.41, 5.74) is 1.50. The van der Waals surface area contributed by atoms with Gasteiger partial charge in [0, 0.05) is 22.7 Å². The van der Waals surface area contributed by atoms with E-state index >= 15 is 0 Å². The first-order valence-electron chi connectivity index (χ1n) is 9.48. The van der Waals surface area contributed by atoms with E-state index in [0.29, 0.717) is 27.7 Å². The number of Topliss-reactive ketones (excluding diaryl/α,β-unsaturated/α-hetero) is 1. The molecular weight excluding hydrogens is 388 g/mol. The Kier molecular flexibility index (Phi) is 5.86. The number of pyridine rings is 1. The lowest BCUT2D eigenvalue weighted by Crippen LogP contribution is -2.26. The zero-order valence-corrected chi connectivity index (χ0v) is 17.1. The summed E-state index contributed by atoms with van der Waals surface area (Å²) in [4.78, 5) is 55.1. The Labute approximate surface area is 172 Å². The Morgan fingerprint density at radius 3 is 2.47 bits per heavy atom. The Morgan fingerprint density at radius 1 is 1.07 bits per heavy atom. The van der Waals surface area contributed by atoms with E-state index in [1.165, 1.54) is 6.92 Å². The molecule has 0 aliphatic carbocycles. The molecule has 0 radical (unpaired) electrons. The summed E-state index contributed by atoms with van der Waals surface area (Å²) in [6.45, 7) is 6.64. The first-order valence-corrected chi connectivity index (χ1v) is 9.48. The monoisotopic (exact) mass is 410 g/mol. The average molecular weight is 410 g/mol. The van der Waals surface area contributed by atoms with Gasteiger partial charge in [0.2, 0.25) is 11.3 Å². The minimum Gasteiger partial charge on any atom is -0.462 e. The van der Waals surface area contributed by atoms with E-state index in [4.69, 9.17) is 9.47 Å². The van der Waals surface area contributed by atoms with Gasteiger partial charge in [-0.2, -0.15) is 0 Å². The molecule has 0 bridgehead atoms. The van der Waals surface area contributed by atoms with Crippen molar-refractivity contribution < 1.29 is 23.9 Å². The summed E-state index contributed by atoms with van der Waals surface area (Å²) in [5.74, 6) is -1.80. The molecule has 3 rings (SSSR count). The number of fused-ring (bicyclic) bond motifs is 1. The van der Waals surface area contributed by atoms with Crippen molar-refractivity contribution in [1.29, 1.82) is 0 Å². The van der Waals surface area contributed by atoms with Crippen molar-refractivity contribution in [2.45, 2.75) is 33.8 Å². The van der Waals surface area contributed by atoms with Crippen LogP contribution in [0.2, 0.25) is 0 Å². The summed E-state index contributed by atoms with van der Waals surface area (Å²) >= 11 is 0. The van der Waals surface area contributed by atoms with Crippen LogP contribution in [0.25, 0.3) is 10.9 Å². The first-order chi connectivity index (χ1) is 14.2. The van der Waals surface area contributed by atoms with Gasteiger partial charge in [-0.3, -0.25) is 9.59 Å². The number of carbonyl (C=O) groups is 3. The number of H-pyrrole nitrogens is 2. The number of aromatic amines is 2. The van der Waals surface area contributed by atoms with Crippen molar-refractivity contribution in [3.05, 3.63) is 68.8 Å². The van der Waals surface area contributed by atoms with Crippen LogP contribution >= 0.6 is 0 Å². The van der Waals surface area contributed by atoms with Gasteiger partial charge >= 0.3 is 11.9 Å². The van der Waals surface area contributed by atoms with Crippen LogP contribution in [0.3, 0.4) is 0 Å². The molecule has 3 aromatic rings. The smallest absolute Gasteiger partial charge is 0.340 e. The fourth-order valence-corrected chi connectivity index (χ4v) is 3.36. The van der Waals surface area contributed by atoms with Gasteiger partial charge in [0.05, 0.1) is 23.4 Å². The summed E-state index contributed by atoms with van der Waals surface area (Å²) in [5, 5.41) is 0.512. The van der Waals surface area contributed by atoms with Crippen LogP contribution in [0, 0.1) is 13.8 Å². The Morgan fingerprint density at radius 2 is 1.77 bits per heavy atom. The number of esters is 2. The highest BCUT2D eigenvalue weighted by Crippen LogP contribution is 2.22. The molecule has 2 heterocycles. The third kappa shape index (κ3) is 3.89. The molecule has 0 saturated carbocycles. The fourth-order valence-electron chi connectivity index (χ4n) is 3.36. The van der Waals surface area contributed by atoms with Gasteiger partial charge in [0.15, 0.2) is 6.10 Å². The predicted octanol–water partition coefficient (Wildman–Crippen LogP) is 3.08. The second-order valence-corrected chi connectivity index (χ2v) is 6.85.